The van der Waals surface area contributed by atoms with Gasteiger partial charge >= 0.3 is 5.97 Å². The van der Waals surface area contributed by atoms with Crippen molar-refractivity contribution in [2.75, 3.05) is 6.54 Å². The molecular formula is C16H18N2O4. The molecule has 0 fully saturated rings. The molecule has 0 aliphatic rings. The van der Waals surface area contributed by atoms with E-state index in [9.17, 15) is 14.7 Å². The van der Waals surface area contributed by atoms with Crippen LogP contribution in [0.5, 0.6) is 0 Å². The maximum absolute atomic E-state index is 11.9. The summed E-state index contributed by atoms with van der Waals surface area (Å²) in [4.78, 5) is 27.1. The van der Waals surface area contributed by atoms with Crippen LogP contribution in [-0.2, 0) is 11.2 Å². The summed E-state index contributed by atoms with van der Waals surface area (Å²) in [5.74, 6) is -1.67. The zero-order valence-electron chi connectivity index (χ0n) is 12.5. The van der Waals surface area contributed by atoms with Crippen molar-refractivity contribution < 1.29 is 19.1 Å². The highest BCUT2D eigenvalue weighted by Gasteiger charge is 2.21. The third kappa shape index (κ3) is 3.94. The molecule has 22 heavy (non-hydrogen) atoms. The van der Waals surface area contributed by atoms with Crippen molar-refractivity contribution in [3.8, 4) is 0 Å². The summed E-state index contributed by atoms with van der Waals surface area (Å²) in [7, 11) is 0. The molecule has 116 valence electrons. The van der Waals surface area contributed by atoms with Gasteiger partial charge in [-0.1, -0.05) is 29.8 Å². The third-order valence-corrected chi connectivity index (χ3v) is 3.42. The fourth-order valence-corrected chi connectivity index (χ4v) is 2.08. The van der Waals surface area contributed by atoms with Crippen molar-refractivity contribution >= 4 is 11.9 Å². The van der Waals surface area contributed by atoms with E-state index in [-0.39, 0.29) is 12.2 Å². The molecule has 0 radical (unpaired) electrons. The maximum atomic E-state index is 11.9. The first-order valence-corrected chi connectivity index (χ1v) is 6.94. The minimum Gasteiger partial charge on any atom is -0.481 e. The molecule has 0 saturated heterocycles. The van der Waals surface area contributed by atoms with Crippen LogP contribution in [0.3, 0.4) is 0 Å². The first kappa shape index (κ1) is 15.8. The number of aromatic nitrogens is 1. The molecule has 6 heteroatoms. The predicted molar refractivity (Wildman–Crippen MR) is 79.6 cm³/mol. The van der Waals surface area contributed by atoms with Crippen LogP contribution in [0.2, 0.25) is 0 Å². The van der Waals surface area contributed by atoms with Gasteiger partial charge in [0.15, 0.2) is 12.1 Å². The molecule has 2 N–H and O–H groups in total. The van der Waals surface area contributed by atoms with Gasteiger partial charge in [-0.3, -0.25) is 9.59 Å². The second-order valence-electron chi connectivity index (χ2n) is 5.19. The molecule has 0 aliphatic heterocycles. The number of amides is 1. The first-order valence-electron chi connectivity index (χ1n) is 6.94. The standard InChI is InChI=1S/C16H18N2O4/c1-10-3-5-12(6-4-10)7-13(16(20)21)8-17-15(19)14-11(2)22-9-18-14/h3-6,9,13H,7-8H2,1-2H3,(H,17,19)(H,20,21). The fraction of sp³-hybridized carbons (Fsp3) is 0.312. The summed E-state index contributed by atoms with van der Waals surface area (Å²) < 4.78 is 4.96. The van der Waals surface area contributed by atoms with E-state index in [4.69, 9.17) is 4.42 Å². The molecule has 1 atom stereocenters. The maximum Gasteiger partial charge on any atom is 0.308 e. The molecule has 0 saturated carbocycles. The third-order valence-electron chi connectivity index (χ3n) is 3.42. The van der Waals surface area contributed by atoms with Crippen LogP contribution in [0.1, 0.15) is 27.4 Å². The Balaban J connectivity index is 1.97. The van der Waals surface area contributed by atoms with E-state index in [0.717, 1.165) is 11.1 Å². The zero-order chi connectivity index (χ0) is 16.1. The highest BCUT2D eigenvalue weighted by Crippen LogP contribution is 2.11. The number of hydrogen-bond acceptors (Lipinski definition) is 4. The Kier molecular flexibility index (Phi) is 4.93. The van der Waals surface area contributed by atoms with Gasteiger partial charge < -0.3 is 14.8 Å². The molecule has 0 spiro atoms. The number of oxazole rings is 1. The number of hydrogen-bond donors (Lipinski definition) is 2. The minimum absolute atomic E-state index is 0.0361. The van der Waals surface area contributed by atoms with Crippen LogP contribution in [0.15, 0.2) is 35.1 Å². The summed E-state index contributed by atoms with van der Waals surface area (Å²) in [6, 6.07) is 7.67. The fourth-order valence-electron chi connectivity index (χ4n) is 2.08. The summed E-state index contributed by atoms with van der Waals surface area (Å²) >= 11 is 0. The van der Waals surface area contributed by atoms with Crippen LogP contribution in [0.25, 0.3) is 0 Å². The molecule has 2 aromatic rings. The first-order chi connectivity index (χ1) is 10.5. The Morgan fingerprint density at radius 1 is 1.27 bits per heavy atom. The van der Waals surface area contributed by atoms with Crippen LogP contribution >= 0.6 is 0 Å². The molecule has 1 heterocycles. The SMILES string of the molecule is Cc1ccc(CC(CNC(=O)c2ncoc2C)C(=O)O)cc1. The lowest BCUT2D eigenvalue weighted by atomic mass is 9.98. The normalized spacial score (nSPS) is 11.9. The van der Waals surface area contributed by atoms with E-state index in [2.05, 4.69) is 10.3 Å². The van der Waals surface area contributed by atoms with Crippen LogP contribution in [0.4, 0.5) is 0 Å². The molecular weight excluding hydrogens is 284 g/mol. The molecule has 1 aromatic heterocycles. The lowest BCUT2D eigenvalue weighted by Crippen LogP contribution is -2.34. The van der Waals surface area contributed by atoms with Crippen LogP contribution in [0, 0.1) is 19.8 Å². The van der Waals surface area contributed by atoms with Crippen molar-refractivity contribution in [2.45, 2.75) is 20.3 Å². The van der Waals surface area contributed by atoms with Crippen molar-refractivity contribution in [2.24, 2.45) is 5.92 Å². The van der Waals surface area contributed by atoms with Gasteiger partial charge in [0, 0.05) is 6.54 Å². The van der Waals surface area contributed by atoms with Gasteiger partial charge in [-0.05, 0) is 25.8 Å². The number of nitrogens with one attached hydrogen (secondary N) is 1. The number of rotatable bonds is 6. The van der Waals surface area contributed by atoms with E-state index in [1.54, 1.807) is 6.92 Å². The summed E-state index contributed by atoms with van der Waals surface area (Å²) in [6.45, 7) is 3.64. The molecule has 1 unspecified atom stereocenters. The summed E-state index contributed by atoms with van der Waals surface area (Å²) in [5.41, 5.74) is 2.22. The number of carbonyl (C=O) groups excluding carboxylic acids is 1. The Bertz CT molecular complexity index is 661. The quantitative estimate of drug-likeness (QED) is 0.851. The number of carbonyl (C=O) groups is 2. The molecule has 1 aromatic carbocycles. The smallest absolute Gasteiger partial charge is 0.308 e. The number of aryl methyl sites for hydroxylation is 2. The highest BCUT2D eigenvalue weighted by atomic mass is 16.4. The van der Waals surface area contributed by atoms with E-state index in [1.807, 2.05) is 31.2 Å². The summed E-state index contributed by atoms with van der Waals surface area (Å²) in [5, 5.41) is 11.9. The van der Waals surface area contributed by atoms with Crippen molar-refractivity contribution in [1.82, 2.24) is 10.3 Å². The number of nitrogens with zero attached hydrogens (tertiary/aromatic N) is 1. The van der Waals surface area contributed by atoms with Gasteiger partial charge in [-0.2, -0.15) is 0 Å². The van der Waals surface area contributed by atoms with E-state index in [1.165, 1.54) is 6.39 Å². The predicted octanol–water partition coefficient (Wildman–Crippen LogP) is 1.96. The van der Waals surface area contributed by atoms with Gasteiger partial charge in [0.1, 0.15) is 5.76 Å². The Morgan fingerprint density at radius 3 is 2.50 bits per heavy atom. The van der Waals surface area contributed by atoms with Gasteiger partial charge in [-0.25, -0.2) is 4.98 Å². The highest BCUT2D eigenvalue weighted by molar-refractivity contribution is 5.93. The van der Waals surface area contributed by atoms with Gasteiger partial charge in [-0.15, -0.1) is 0 Å². The number of carboxylic acids is 1. The number of carboxylic acid groups (broad SMARTS) is 1. The van der Waals surface area contributed by atoms with Crippen LogP contribution in [-0.4, -0.2) is 28.5 Å². The zero-order valence-corrected chi connectivity index (χ0v) is 12.5. The van der Waals surface area contributed by atoms with E-state index < -0.39 is 17.8 Å². The summed E-state index contributed by atoms with van der Waals surface area (Å²) in [6.07, 6.45) is 1.54. The topological polar surface area (TPSA) is 92.4 Å². The van der Waals surface area contributed by atoms with Crippen molar-refractivity contribution in [1.29, 1.82) is 0 Å². The average Bonchev–Trinajstić information content (AvgIpc) is 2.91. The second-order valence-corrected chi connectivity index (χ2v) is 5.19. The Hall–Kier alpha value is -2.63. The molecule has 0 aliphatic carbocycles. The van der Waals surface area contributed by atoms with Gasteiger partial charge in [0.25, 0.3) is 5.91 Å². The van der Waals surface area contributed by atoms with E-state index >= 15 is 0 Å². The Labute approximate surface area is 128 Å². The minimum atomic E-state index is -0.947. The van der Waals surface area contributed by atoms with Crippen molar-refractivity contribution in [3.05, 3.63) is 53.2 Å². The van der Waals surface area contributed by atoms with Crippen molar-refractivity contribution in [3.63, 3.8) is 0 Å². The average molecular weight is 302 g/mol. The van der Waals surface area contributed by atoms with E-state index in [0.29, 0.717) is 12.2 Å². The second kappa shape index (κ2) is 6.89. The monoisotopic (exact) mass is 302 g/mol. The lowest BCUT2D eigenvalue weighted by Gasteiger charge is -2.13. The largest absolute Gasteiger partial charge is 0.481 e. The lowest BCUT2D eigenvalue weighted by molar-refractivity contribution is -0.141. The van der Waals surface area contributed by atoms with Gasteiger partial charge in [0.2, 0.25) is 0 Å². The number of aliphatic carboxylic acids is 1. The van der Waals surface area contributed by atoms with Crippen LogP contribution < -0.4 is 5.32 Å². The molecule has 2 rings (SSSR count). The van der Waals surface area contributed by atoms with Gasteiger partial charge in [0.05, 0.1) is 5.92 Å². The molecule has 1 amide bonds. The molecule has 0 bridgehead atoms. The molecule has 6 nitrogen and oxygen atoms in total. The Morgan fingerprint density at radius 2 is 1.95 bits per heavy atom. The number of benzene rings is 1.